The second kappa shape index (κ2) is 9.22. The minimum absolute atomic E-state index is 0.0281. The summed E-state index contributed by atoms with van der Waals surface area (Å²) >= 11 is 0. The molecule has 0 unspecified atom stereocenters. The first-order chi connectivity index (χ1) is 17.2. The van der Waals surface area contributed by atoms with E-state index < -0.39 is 5.60 Å². The van der Waals surface area contributed by atoms with Gasteiger partial charge in [0, 0.05) is 36.3 Å². The molecule has 3 aromatic rings. The Hall–Kier alpha value is -4.00. The summed E-state index contributed by atoms with van der Waals surface area (Å²) in [5.41, 5.74) is 2.32. The number of nitrogens with one attached hydrogen (secondary N) is 1. The van der Waals surface area contributed by atoms with E-state index in [-0.39, 0.29) is 23.3 Å². The van der Waals surface area contributed by atoms with Gasteiger partial charge in [-0.2, -0.15) is 10.2 Å². The van der Waals surface area contributed by atoms with Gasteiger partial charge in [0.15, 0.2) is 0 Å². The summed E-state index contributed by atoms with van der Waals surface area (Å²) in [6.45, 7) is 6.51. The number of amides is 1. The SMILES string of the molecule is CC(C)(C)OC(=O)N1CCc2ncc(Nc3ncc4cc(C#N)c(=O)n(C5CCCC5)c4n3)cc2C1. The predicted molar refractivity (Wildman–Crippen MR) is 134 cm³/mol. The van der Waals surface area contributed by atoms with Crippen LogP contribution in [0.25, 0.3) is 11.0 Å². The third-order valence-electron chi connectivity index (χ3n) is 6.53. The number of nitrogens with zero attached hydrogens (tertiary/aromatic N) is 6. The van der Waals surface area contributed by atoms with Gasteiger partial charge in [-0.25, -0.2) is 9.78 Å². The third kappa shape index (κ3) is 4.73. The van der Waals surface area contributed by atoms with E-state index in [2.05, 4.69) is 20.3 Å². The summed E-state index contributed by atoms with van der Waals surface area (Å²) in [5.74, 6) is 0.333. The molecule has 4 heterocycles. The van der Waals surface area contributed by atoms with Gasteiger partial charge in [0.1, 0.15) is 22.9 Å². The van der Waals surface area contributed by atoms with E-state index in [1.807, 2.05) is 32.9 Å². The molecular weight excluding hydrogens is 458 g/mol. The number of aromatic nitrogens is 4. The van der Waals surface area contributed by atoms with Crippen LogP contribution in [0.5, 0.6) is 0 Å². The van der Waals surface area contributed by atoms with Crippen molar-refractivity contribution in [2.45, 2.75) is 71.1 Å². The maximum atomic E-state index is 13.0. The average molecular weight is 488 g/mol. The Bertz CT molecular complexity index is 1430. The topological polar surface area (TPSA) is 126 Å². The first-order valence-corrected chi connectivity index (χ1v) is 12.3. The highest BCUT2D eigenvalue weighted by Gasteiger charge is 2.27. The molecular formula is C26H29N7O3. The molecule has 5 rings (SSSR count). The number of pyridine rings is 2. The zero-order chi connectivity index (χ0) is 25.4. The van der Waals surface area contributed by atoms with Crippen LogP contribution < -0.4 is 10.9 Å². The van der Waals surface area contributed by atoms with Gasteiger partial charge in [0.05, 0.1) is 18.4 Å². The molecule has 0 aromatic carbocycles. The lowest BCUT2D eigenvalue weighted by Crippen LogP contribution is -2.40. The molecule has 1 amide bonds. The normalized spacial score (nSPS) is 16.0. The van der Waals surface area contributed by atoms with Gasteiger partial charge in [-0.3, -0.25) is 14.3 Å². The van der Waals surface area contributed by atoms with Gasteiger partial charge in [0.25, 0.3) is 5.56 Å². The van der Waals surface area contributed by atoms with E-state index in [0.717, 1.165) is 36.9 Å². The molecule has 1 N–H and O–H groups in total. The highest BCUT2D eigenvalue weighted by atomic mass is 16.6. The molecule has 36 heavy (non-hydrogen) atoms. The van der Waals surface area contributed by atoms with Crippen LogP contribution in [0.4, 0.5) is 16.4 Å². The fraction of sp³-hybridized carbons (Fsp3) is 0.462. The number of hydrogen-bond donors (Lipinski definition) is 1. The first kappa shape index (κ1) is 23.7. The molecule has 1 aliphatic heterocycles. The van der Waals surface area contributed by atoms with E-state index in [0.29, 0.717) is 42.2 Å². The second-order valence-corrected chi connectivity index (χ2v) is 10.4. The minimum Gasteiger partial charge on any atom is -0.444 e. The first-order valence-electron chi connectivity index (χ1n) is 12.3. The Balaban J connectivity index is 1.43. The molecule has 1 saturated carbocycles. The molecule has 0 spiro atoms. The Morgan fingerprint density at radius 3 is 2.69 bits per heavy atom. The van der Waals surface area contributed by atoms with E-state index in [1.165, 1.54) is 0 Å². The Kier molecular flexibility index (Phi) is 6.08. The fourth-order valence-corrected chi connectivity index (χ4v) is 4.87. The molecule has 10 nitrogen and oxygen atoms in total. The summed E-state index contributed by atoms with van der Waals surface area (Å²) in [4.78, 5) is 40.9. The van der Waals surface area contributed by atoms with Gasteiger partial charge in [-0.05, 0) is 51.3 Å². The largest absolute Gasteiger partial charge is 0.444 e. The van der Waals surface area contributed by atoms with Crippen LogP contribution in [0.2, 0.25) is 0 Å². The van der Waals surface area contributed by atoms with Crippen molar-refractivity contribution in [3.05, 3.63) is 51.7 Å². The van der Waals surface area contributed by atoms with Gasteiger partial charge >= 0.3 is 6.09 Å². The van der Waals surface area contributed by atoms with Crippen molar-refractivity contribution in [1.29, 1.82) is 5.26 Å². The smallest absolute Gasteiger partial charge is 0.410 e. The number of carbonyl (C=O) groups is 1. The van der Waals surface area contributed by atoms with Crippen molar-refractivity contribution in [3.63, 3.8) is 0 Å². The lowest BCUT2D eigenvalue weighted by Gasteiger charge is -2.31. The van der Waals surface area contributed by atoms with Gasteiger partial charge in [0.2, 0.25) is 5.95 Å². The van der Waals surface area contributed by atoms with Crippen LogP contribution in [0.15, 0.2) is 29.3 Å². The Morgan fingerprint density at radius 2 is 1.97 bits per heavy atom. The van der Waals surface area contributed by atoms with Crippen molar-refractivity contribution in [2.75, 3.05) is 11.9 Å². The Labute approximate surface area is 208 Å². The van der Waals surface area contributed by atoms with Crippen LogP contribution in [-0.2, 0) is 17.7 Å². The van der Waals surface area contributed by atoms with Crippen LogP contribution in [-0.4, -0.2) is 42.7 Å². The highest BCUT2D eigenvalue weighted by molar-refractivity contribution is 5.77. The number of carbonyl (C=O) groups excluding carboxylic acids is 1. The molecule has 0 saturated heterocycles. The molecule has 0 radical (unpaired) electrons. The van der Waals surface area contributed by atoms with Crippen LogP contribution in [0.3, 0.4) is 0 Å². The summed E-state index contributed by atoms with van der Waals surface area (Å²) in [6, 6.07) is 5.53. The summed E-state index contributed by atoms with van der Waals surface area (Å²) < 4.78 is 7.19. The van der Waals surface area contributed by atoms with E-state index >= 15 is 0 Å². The van der Waals surface area contributed by atoms with E-state index in [1.54, 1.807) is 27.9 Å². The van der Waals surface area contributed by atoms with E-state index in [4.69, 9.17) is 4.74 Å². The van der Waals surface area contributed by atoms with Crippen LogP contribution in [0, 0.1) is 11.3 Å². The number of rotatable bonds is 3. The quantitative estimate of drug-likeness (QED) is 0.582. The summed E-state index contributed by atoms with van der Waals surface area (Å²) in [7, 11) is 0. The average Bonchev–Trinajstić information content (AvgIpc) is 3.36. The Morgan fingerprint density at radius 1 is 1.19 bits per heavy atom. The molecule has 186 valence electrons. The van der Waals surface area contributed by atoms with Gasteiger partial charge in [-0.15, -0.1) is 0 Å². The molecule has 0 bridgehead atoms. The number of fused-ring (bicyclic) bond motifs is 2. The lowest BCUT2D eigenvalue weighted by molar-refractivity contribution is 0.0223. The second-order valence-electron chi connectivity index (χ2n) is 10.4. The number of nitriles is 1. The summed E-state index contributed by atoms with van der Waals surface area (Å²) in [5, 5.41) is 13.3. The fourth-order valence-electron chi connectivity index (χ4n) is 4.87. The standard InChI is InChI=1S/C26H29N7O3/c1-26(2,3)36-25(35)32-9-8-21-18(15-32)11-19(14-28-21)30-24-29-13-17-10-16(12-27)23(34)33(22(17)31-24)20-6-4-5-7-20/h10-11,13-14,20H,4-9,15H2,1-3H3,(H,29,30,31). The molecule has 2 aliphatic rings. The molecule has 1 fully saturated rings. The van der Waals surface area contributed by atoms with Gasteiger partial charge in [-0.1, -0.05) is 12.8 Å². The highest BCUT2D eigenvalue weighted by Crippen LogP contribution is 2.31. The van der Waals surface area contributed by atoms with Gasteiger partial charge < -0.3 is 15.0 Å². The maximum absolute atomic E-state index is 13.0. The van der Waals surface area contributed by atoms with Crippen molar-refractivity contribution >= 4 is 28.8 Å². The predicted octanol–water partition coefficient (Wildman–Crippen LogP) is 4.21. The summed E-state index contributed by atoms with van der Waals surface area (Å²) in [6.07, 6.45) is 7.53. The number of anilines is 2. The van der Waals surface area contributed by atoms with Crippen LogP contribution >= 0.6 is 0 Å². The minimum atomic E-state index is -0.556. The van der Waals surface area contributed by atoms with Crippen molar-refractivity contribution in [3.8, 4) is 6.07 Å². The lowest BCUT2D eigenvalue weighted by atomic mass is 10.1. The van der Waals surface area contributed by atoms with Crippen LogP contribution in [0.1, 0.15) is 69.3 Å². The molecule has 1 aliphatic carbocycles. The molecule has 10 heteroatoms. The monoisotopic (exact) mass is 487 g/mol. The van der Waals surface area contributed by atoms with Crippen molar-refractivity contribution in [2.24, 2.45) is 0 Å². The molecule has 0 atom stereocenters. The zero-order valence-corrected chi connectivity index (χ0v) is 20.7. The zero-order valence-electron chi connectivity index (χ0n) is 20.7. The van der Waals surface area contributed by atoms with Crippen molar-refractivity contribution in [1.82, 2.24) is 24.4 Å². The number of hydrogen-bond acceptors (Lipinski definition) is 8. The number of ether oxygens (including phenoxy) is 1. The maximum Gasteiger partial charge on any atom is 0.410 e. The van der Waals surface area contributed by atoms with E-state index in [9.17, 15) is 14.9 Å². The third-order valence-corrected chi connectivity index (χ3v) is 6.53. The molecule has 3 aromatic heterocycles. The van der Waals surface area contributed by atoms with Crippen molar-refractivity contribution < 1.29 is 9.53 Å².